The normalized spacial score (nSPS) is 15.2. The molecular weight excluding hydrogens is 388 g/mol. The number of phenolic OH excluding ortho intramolecular Hbond substituents is 1. The molecule has 1 saturated heterocycles. The fourth-order valence-electron chi connectivity index (χ4n) is 3.58. The van der Waals surface area contributed by atoms with Crippen LogP contribution in [0.15, 0.2) is 41.6 Å². The summed E-state index contributed by atoms with van der Waals surface area (Å²) < 4.78 is 12.8. The van der Waals surface area contributed by atoms with E-state index in [1.54, 1.807) is 29.8 Å². The van der Waals surface area contributed by atoms with E-state index >= 15 is 0 Å². The number of hydrogen-bond acceptors (Lipinski definition) is 6. The summed E-state index contributed by atoms with van der Waals surface area (Å²) in [5, 5.41) is 22.4. The van der Waals surface area contributed by atoms with Crippen molar-refractivity contribution in [2.75, 3.05) is 52.3 Å². The number of methoxy groups -OCH3 is 1. The van der Waals surface area contributed by atoms with Crippen LogP contribution in [0.25, 0.3) is 22.2 Å². The van der Waals surface area contributed by atoms with Gasteiger partial charge in [0.2, 0.25) is 0 Å². The van der Waals surface area contributed by atoms with E-state index < -0.39 is 0 Å². The monoisotopic (exact) mass is 415 g/mol. The number of morpholine rings is 1. The fourth-order valence-corrected chi connectivity index (χ4v) is 4.59. The van der Waals surface area contributed by atoms with Gasteiger partial charge in [-0.15, -0.1) is 10.2 Å². The van der Waals surface area contributed by atoms with Crippen LogP contribution in [0.5, 0.6) is 5.75 Å². The van der Waals surface area contributed by atoms with Crippen LogP contribution in [0, 0.1) is 0 Å². The summed E-state index contributed by atoms with van der Waals surface area (Å²) in [7, 11) is 1.69. The molecule has 0 radical (unpaired) electrons. The van der Waals surface area contributed by atoms with Gasteiger partial charge in [-0.25, -0.2) is 0 Å². The minimum atomic E-state index is 0.212. The highest BCUT2D eigenvalue weighted by molar-refractivity contribution is 7.99. The van der Waals surface area contributed by atoms with Gasteiger partial charge in [0, 0.05) is 7.11 Å². The topological polar surface area (TPSA) is 73.8 Å². The van der Waals surface area contributed by atoms with E-state index in [1.165, 1.54) is 0 Å². The zero-order valence-electron chi connectivity index (χ0n) is 16.6. The van der Waals surface area contributed by atoms with E-state index in [0.717, 1.165) is 54.5 Å². The summed E-state index contributed by atoms with van der Waals surface area (Å²) in [6, 6.07) is 11.7. The number of quaternary nitrogens is 1. The SMILES string of the molecule is COCCn1c(SCC[NH+]2CCOCC2)nnc1-c1cc2ccccc2cc1O. The zero-order valence-corrected chi connectivity index (χ0v) is 17.5. The van der Waals surface area contributed by atoms with E-state index in [4.69, 9.17) is 9.47 Å². The molecule has 8 heteroatoms. The van der Waals surface area contributed by atoms with Gasteiger partial charge in [-0.05, 0) is 22.9 Å². The van der Waals surface area contributed by atoms with Crippen molar-refractivity contribution in [1.29, 1.82) is 0 Å². The molecule has 2 aromatic carbocycles. The first kappa shape index (κ1) is 20.2. The Morgan fingerprint density at radius 2 is 1.93 bits per heavy atom. The highest BCUT2D eigenvalue weighted by atomic mass is 32.2. The third-order valence-corrected chi connectivity index (χ3v) is 6.20. The second kappa shape index (κ2) is 9.58. The lowest BCUT2D eigenvalue weighted by atomic mass is 10.1. The van der Waals surface area contributed by atoms with Crippen LogP contribution in [0.4, 0.5) is 0 Å². The first-order valence-corrected chi connectivity index (χ1v) is 10.9. The number of nitrogens with zero attached hydrogens (tertiary/aromatic N) is 3. The number of nitrogens with one attached hydrogen (secondary N) is 1. The number of phenols is 1. The molecule has 0 atom stereocenters. The Morgan fingerprint density at radius 1 is 1.17 bits per heavy atom. The molecule has 0 amide bonds. The highest BCUT2D eigenvalue weighted by Crippen LogP contribution is 2.34. The van der Waals surface area contributed by atoms with Crippen molar-refractivity contribution < 1.29 is 19.5 Å². The van der Waals surface area contributed by atoms with E-state index in [9.17, 15) is 5.11 Å². The average Bonchev–Trinajstić information content (AvgIpc) is 3.15. The van der Waals surface area contributed by atoms with E-state index in [2.05, 4.69) is 10.2 Å². The van der Waals surface area contributed by atoms with Crippen LogP contribution in [0.1, 0.15) is 0 Å². The van der Waals surface area contributed by atoms with Crippen molar-refractivity contribution in [1.82, 2.24) is 14.8 Å². The fraction of sp³-hybridized carbons (Fsp3) is 0.429. The average molecular weight is 416 g/mol. The Kier molecular flexibility index (Phi) is 6.66. The van der Waals surface area contributed by atoms with Crippen LogP contribution in [0.3, 0.4) is 0 Å². The molecule has 1 aromatic heterocycles. The van der Waals surface area contributed by atoms with Crippen molar-refractivity contribution in [3.63, 3.8) is 0 Å². The van der Waals surface area contributed by atoms with Gasteiger partial charge >= 0.3 is 0 Å². The van der Waals surface area contributed by atoms with Gasteiger partial charge in [-0.3, -0.25) is 4.57 Å². The number of fused-ring (bicyclic) bond motifs is 1. The van der Waals surface area contributed by atoms with Gasteiger partial charge in [-0.1, -0.05) is 36.0 Å². The summed E-state index contributed by atoms with van der Waals surface area (Å²) >= 11 is 1.71. The minimum absolute atomic E-state index is 0.212. The molecule has 3 aromatic rings. The van der Waals surface area contributed by atoms with Gasteiger partial charge in [-0.2, -0.15) is 0 Å². The molecule has 0 saturated carbocycles. The quantitative estimate of drug-likeness (QED) is 0.543. The van der Waals surface area contributed by atoms with Crippen molar-refractivity contribution in [3.05, 3.63) is 36.4 Å². The number of ether oxygens (including phenoxy) is 2. The molecule has 1 aliphatic rings. The molecule has 0 aliphatic carbocycles. The standard InChI is InChI=1S/C21H26N4O3S/c1-27-10-8-25-20(18-14-16-4-2-3-5-17(16)15-19(18)26)22-23-21(25)29-13-9-24-6-11-28-12-7-24/h2-5,14-15,26H,6-13H2,1H3/p+1. The number of benzene rings is 2. The highest BCUT2D eigenvalue weighted by Gasteiger charge is 2.19. The zero-order chi connectivity index (χ0) is 20.1. The van der Waals surface area contributed by atoms with Crippen molar-refractivity contribution in [3.8, 4) is 17.1 Å². The number of rotatable bonds is 8. The number of aromatic hydroxyl groups is 1. The Bertz CT molecular complexity index is 956. The second-order valence-electron chi connectivity index (χ2n) is 7.13. The Morgan fingerprint density at radius 3 is 2.69 bits per heavy atom. The first-order chi connectivity index (χ1) is 14.3. The van der Waals surface area contributed by atoms with Crippen LogP contribution in [0.2, 0.25) is 0 Å². The van der Waals surface area contributed by atoms with E-state index in [1.807, 2.05) is 34.9 Å². The third kappa shape index (κ3) is 4.72. The number of hydrogen-bond donors (Lipinski definition) is 2. The van der Waals surface area contributed by atoms with Gasteiger partial charge in [0.05, 0.1) is 44.2 Å². The molecule has 4 rings (SSSR count). The summed E-state index contributed by atoms with van der Waals surface area (Å²) in [6.45, 7) is 6.08. The molecule has 1 aliphatic heterocycles. The van der Waals surface area contributed by atoms with E-state index in [0.29, 0.717) is 24.5 Å². The summed E-state index contributed by atoms with van der Waals surface area (Å²) in [4.78, 5) is 1.57. The van der Waals surface area contributed by atoms with Crippen molar-refractivity contribution >= 4 is 22.5 Å². The minimum Gasteiger partial charge on any atom is -0.507 e. The predicted octanol–water partition coefficient (Wildman–Crippen LogP) is 1.46. The van der Waals surface area contributed by atoms with Crippen LogP contribution in [-0.4, -0.2) is 72.2 Å². The maximum absolute atomic E-state index is 10.6. The van der Waals surface area contributed by atoms with E-state index in [-0.39, 0.29) is 5.75 Å². The molecule has 7 nitrogen and oxygen atoms in total. The lowest BCUT2D eigenvalue weighted by Crippen LogP contribution is -3.14. The molecule has 0 bridgehead atoms. The van der Waals surface area contributed by atoms with Crippen LogP contribution >= 0.6 is 11.8 Å². The third-order valence-electron chi connectivity index (χ3n) is 5.23. The summed E-state index contributed by atoms with van der Waals surface area (Å²) in [6.07, 6.45) is 0. The number of aromatic nitrogens is 3. The predicted molar refractivity (Wildman–Crippen MR) is 114 cm³/mol. The molecule has 154 valence electrons. The van der Waals surface area contributed by atoms with Crippen molar-refractivity contribution in [2.24, 2.45) is 0 Å². The molecule has 29 heavy (non-hydrogen) atoms. The molecule has 0 spiro atoms. The first-order valence-electron chi connectivity index (χ1n) is 9.94. The molecule has 2 heterocycles. The largest absolute Gasteiger partial charge is 0.507 e. The van der Waals surface area contributed by atoms with Gasteiger partial charge in [0.25, 0.3) is 0 Å². The van der Waals surface area contributed by atoms with Gasteiger partial charge < -0.3 is 19.5 Å². The van der Waals surface area contributed by atoms with Crippen LogP contribution < -0.4 is 4.90 Å². The van der Waals surface area contributed by atoms with Gasteiger partial charge in [0.15, 0.2) is 11.0 Å². The summed E-state index contributed by atoms with van der Waals surface area (Å²) in [5.74, 6) is 1.85. The Hall–Kier alpha value is -2.13. The smallest absolute Gasteiger partial charge is 0.191 e. The second-order valence-corrected chi connectivity index (χ2v) is 8.19. The Labute approximate surface area is 174 Å². The molecule has 1 fully saturated rings. The van der Waals surface area contributed by atoms with Gasteiger partial charge in [0.1, 0.15) is 18.8 Å². The Balaban J connectivity index is 1.57. The maximum Gasteiger partial charge on any atom is 0.191 e. The number of thioether (sulfide) groups is 1. The molecular formula is C21H27N4O3S+. The lowest BCUT2D eigenvalue weighted by Gasteiger charge is -2.23. The van der Waals surface area contributed by atoms with Crippen LogP contribution in [-0.2, 0) is 16.0 Å². The molecule has 2 N–H and O–H groups in total. The maximum atomic E-state index is 10.6. The summed E-state index contributed by atoms with van der Waals surface area (Å²) in [5.41, 5.74) is 0.693. The molecule has 0 unspecified atom stereocenters. The van der Waals surface area contributed by atoms with Crippen molar-refractivity contribution in [2.45, 2.75) is 11.7 Å². The lowest BCUT2D eigenvalue weighted by molar-refractivity contribution is -0.905.